The number of pyridine rings is 1. The van der Waals surface area contributed by atoms with Gasteiger partial charge in [-0.25, -0.2) is 0 Å². The molecule has 126 valence electrons. The van der Waals surface area contributed by atoms with Crippen LogP contribution in [0.4, 0.5) is 0 Å². The number of thiophene rings is 1. The largest absolute Gasteiger partial charge is 0.343 e. The van der Waals surface area contributed by atoms with E-state index < -0.39 is 0 Å². The first-order valence-electron chi connectivity index (χ1n) is 8.14. The van der Waals surface area contributed by atoms with E-state index in [0.717, 1.165) is 28.1 Å². The normalized spacial score (nSPS) is 12.7. The Labute approximate surface area is 145 Å². The number of hydrogen-bond donors (Lipinski definition) is 1. The Morgan fingerprint density at radius 1 is 1.33 bits per heavy atom. The van der Waals surface area contributed by atoms with Gasteiger partial charge in [-0.1, -0.05) is 19.9 Å². The van der Waals surface area contributed by atoms with E-state index in [1.54, 1.807) is 6.20 Å². The zero-order valence-electron chi connectivity index (χ0n) is 14.4. The summed E-state index contributed by atoms with van der Waals surface area (Å²) >= 11 is 1.50. The molecular formula is C18H22N4OS. The highest BCUT2D eigenvalue weighted by molar-refractivity contribution is 7.20. The van der Waals surface area contributed by atoms with Gasteiger partial charge in [0.15, 0.2) is 0 Å². The molecule has 0 saturated carbocycles. The molecule has 3 aromatic rings. The van der Waals surface area contributed by atoms with Gasteiger partial charge < -0.3 is 5.32 Å². The van der Waals surface area contributed by atoms with Crippen LogP contribution in [0.3, 0.4) is 0 Å². The standard InChI is InChI=1S/C18H22N4OS/c1-11(2)10-22-18-14(12(3)21-22)9-16(24-18)17(23)20-13(4)15-7-5-6-8-19-15/h5-9,11,13H,10H2,1-4H3,(H,20,23)/t13-/m0/s1. The number of aryl methyl sites for hydroxylation is 1. The molecule has 3 aromatic heterocycles. The van der Waals surface area contributed by atoms with E-state index in [-0.39, 0.29) is 11.9 Å². The summed E-state index contributed by atoms with van der Waals surface area (Å²) in [4.78, 5) is 18.7. The van der Waals surface area contributed by atoms with Crippen molar-refractivity contribution in [3.05, 3.63) is 46.7 Å². The van der Waals surface area contributed by atoms with Crippen LogP contribution in [0.2, 0.25) is 0 Å². The van der Waals surface area contributed by atoms with E-state index >= 15 is 0 Å². The van der Waals surface area contributed by atoms with Crippen molar-refractivity contribution >= 4 is 27.5 Å². The molecule has 0 unspecified atom stereocenters. The zero-order chi connectivity index (χ0) is 17.3. The number of amides is 1. The summed E-state index contributed by atoms with van der Waals surface area (Å²) in [5.74, 6) is 0.445. The zero-order valence-corrected chi connectivity index (χ0v) is 15.2. The first-order valence-corrected chi connectivity index (χ1v) is 8.96. The smallest absolute Gasteiger partial charge is 0.261 e. The summed E-state index contributed by atoms with van der Waals surface area (Å²) in [6.45, 7) is 9.12. The van der Waals surface area contributed by atoms with Gasteiger partial charge in [0, 0.05) is 18.1 Å². The lowest BCUT2D eigenvalue weighted by Crippen LogP contribution is -2.26. The highest BCUT2D eigenvalue weighted by Gasteiger charge is 2.18. The Bertz CT molecular complexity index is 851. The first-order chi connectivity index (χ1) is 11.5. The summed E-state index contributed by atoms with van der Waals surface area (Å²) in [5, 5.41) is 8.67. The summed E-state index contributed by atoms with van der Waals surface area (Å²) in [6.07, 6.45) is 1.74. The van der Waals surface area contributed by atoms with Crippen LogP contribution in [0, 0.1) is 12.8 Å². The molecule has 0 bridgehead atoms. The van der Waals surface area contributed by atoms with Crippen molar-refractivity contribution in [3.8, 4) is 0 Å². The molecule has 0 radical (unpaired) electrons. The van der Waals surface area contributed by atoms with Gasteiger partial charge in [-0.3, -0.25) is 14.5 Å². The van der Waals surface area contributed by atoms with Crippen molar-refractivity contribution in [1.29, 1.82) is 0 Å². The number of carbonyl (C=O) groups is 1. The van der Waals surface area contributed by atoms with E-state index in [9.17, 15) is 4.79 Å². The Morgan fingerprint density at radius 3 is 2.79 bits per heavy atom. The van der Waals surface area contributed by atoms with Gasteiger partial charge in [0.2, 0.25) is 0 Å². The fourth-order valence-corrected chi connectivity index (χ4v) is 3.74. The molecular weight excluding hydrogens is 320 g/mol. The number of carbonyl (C=O) groups excluding carboxylic acids is 1. The highest BCUT2D eigenvalue weighted by atomic mass is 32.1. The van der Waals surface area contributed by atoms with Crippen LogP contribution in [-0.2, 0) is 6.54 Å². The number of aromatic nitrogens is 3. The lowest BCUT2D eigenvalue weighted by molar-refractivity contribution is 0.0943. The molecule has 6 heteroatoms. The first kappa shape index (κ1) is 16.6. The average Bonchev–Trinajstić information content (AvgIpc) is 3.10. The molecule has 5 nitrogen and oxygen atoms in total. The van der Waals surface area contributed by atoms with E-state index in [1.807, 2.05) is 42.8 Å². The second-order valence-electron chi connectivity index (χ2n) is 6.44. The minimum absolute atomic E-state index is 0.0650. The summed E-state index contributed by atoms with van der Waals surface area (Å²) in [5.41, 5.74) is 1.83. The van der Waals surface area contributed by atoms with Gasteiger partial charge in [0.25, 0.3) is 5.91 Å². The van der Waals surface area contributed by atoms with Crippen molar-refractivity contribution in [2.24, 2.45) is 5.92 Å². The molecule has 24 heavy (non-hydrogen) atoms. The molecule has 0 saturated heterocycles. The predicted molar refractivity (Wildman–Crippen MR) is 97.3 cm³/mol. The molecule has 1 N–H and O–H groups in total. The van der Waals surface area contributed by atoms with Crippen molar-refractivity contribution in [2.75, 3.05) is 0 Å². The van der Waals surface area contributed by atoms with Gasteiger partial charge in [0.1, 0.15) is 4.83 Å². The Kier molecular flexibility index (Phi) is 4.66. The second kappa shape index (κ2) is 6.73. The maximum absolute atomic E-state index is 12.6. The van der Waals surface area contributed by atoms with Crippen molar-refractivity contribution < 1.29 is 4.79 Å². The van der Waals surface area contributed by atoms with Crippen molar-refractivity contribution in [1.82, 2.24) is 20.1 Å². The number of nitrogens with zero attached hydrogens (tertiary/aromatic N) is 3. The van der Waals surface area contributed by atoms with E-state index in [4.69, 9.17) is 0 Å². The lowest BCUT2D eigenvalue weighted by atomic mass is 10.2. The number of hydrogen-bond acceptors (Lipinski definition) is 4. The number of fused-ring (bicyclic) bond motifs is 1. The van der Waals surface area contributed by atoms with E-state index in [0.29, 0.717) is 10.8 Å². The highest BCUT2D eigenvalue weighted by Crippen LogP contribution is 2.29. The van der Waals surface area contributed by atoms with Crippen LogP contribution in [-0.4, -0.2) is 20.7 Å². The van der Waals surface area contributed by atoms with Crippen LogP contribution in [0.5, 0.6) is 0 Å². The molecule has 0 spiro atoms. The SMILES string of the molecule is Cc1nn(CC(C)C)c2sc(C(=O)N[C@@H](C)c3ccccn3)cc12. The monoisotopic (exact) mass is 342 g/mol. The maximum atomic E-state index is 12.6. The van der Waals surface area contributed by atoms with Crippen molar-refractivity contribution in [2.45, 2.75) is 40.3 Å². The molecule has 0 fully saturated rings. The van der Waals surface area contributed by atoms with Crippen LogP contribution in [0.1, 0.15) is 47.9 Å². The fraction of sp³-hybridized carbons (Fsp3) is 0.389. The number of nitrogens with one attached hydrogen (secondary N) is 1. The van der Waals surface area contributed by atoms with Gasteiger partial charge in [-0.2, -0.15) is 5.10 Å². The topological polar surface area (TPSA) is 59.8 Å². The molecule has 0 aliphatic heterocycles. The van der Waals surface area contributed by atoms with Crippen LogP contribution < -0.4 is 5.32 Å². The molecule has 0 aromatic carbocycles. The fourth-order valence-electron chi connectivity index (χ4n) is 2.67. The van der Waals surface area contributed by atoms with Crippen LogP contribution in [0.15, 0.2) is 30.5 Å². The van der Waals surface area contributed by atoms with Gasteiger partial charge in [-0.15, -0.1) is 11.3 Å². The van der Waals surface area contributed by atoms with Gasteiger partial charge >= 0.3 is 0 Å². The summed E-state index contributed by atoms with van der Waals surface area (Å²) in [7, 11) is 0. The molecule has 3 heterocycles. The summed E-state index contributed by atoms with van der Waals surface area (Å²) in [6, 6.07) is 7.53. The average molecular weight is 342 g/mol. The molecule has 1 amide bonds. The molecule has 1 atom stereocenters. The third-order valence-electron chi connectivity index (χ3n) is 3.85. The van der Waals surface area contributed by atoms with Crippen LogP contribution >= 0.6 is 11.3 Å². The Balaban J connectivity index is 1.83. The minimum atomic E-state index is -0.128. The Morgan fingerprint density at radius 2 is 2.12 bits per heavy atom. The van der Waals surface area contributed by atoms with E-state index in [2.05, 4.69) is 29.2 Å². The predicted octanol–water partition coefficient (Wildman–Crippen LogP) is 3.95. The summed E-state index contributed by atoms with van der Waals surface area (Å²) < 4.78 is 2.01. The lowest BCUT2D eigenvalue weighted by Gasteiger charge is -2.12. The molecule has 0 aliphatic carbocycles. The van der Waals surface area contributed by atoms with Gasteiger partial charge in [-0.05, 0) is 38.0 Å². The molecule has 3 rings (SSSR count). The third kappa shape index (κ3) is 3.33. The minimum Gasteiger partial charge on any atom is -0.343 e. The quantitative estimate of drug-likeness (QED) is 0.764. The second-order valence-corrected chi connectivity index (χ2v) is 7.47. The van der Waals surface area contributed by atoms with Crippen LogP contribution in [0.25, 0.3) is 10.2 Å². The number of rotatable bonds is 5. The Hall–Kier alpha value is -2.21. The van der Waals surface area contributed by atoms with Crippen molar-refractivity contribution in [3.63, 3.8) is 0 Å². The maximum Gasteiger partial charge on any atom is 0.261 e. The van der Waals surface area contributed by atoms with E-state index in [1.165, 1.54) is 11.3 Å². The molecule has 0 aliphatic rings. The third-order valence-corrected chi connectivity index (χ3v) is 5.00. The van der Waals surface area contributed by atoms with Gasteiger partial charge in [0.05, 0.1) is 22.3 Å².